The van der Waals surface area contributed by atoms with Gasteiger partial charge in [-0.05, 0) is 30.3 Å². The molecule has 0 saturated carbocycles. The van der Waals surface area contributed by atoms with Crippen LogP contribution in [0.1, 0.15) is 11.1 Å². The molecule has 0 aliphatic carbocycles. The number of hydrogen-bond acceptors (Lipinski definition) is 3. The van der Waals surface area contributed by atoms with Gasteiger partial charge < -0.3 is 14.8 Å². The lowest BCUT2D eigenvalue weighted by molar-refractivity contribution is 0.282. The van der Waals surface area contributed by atoms with Crippen molar-refractivity contribution in [3.8, 4) is 11.5 Å². The fourth-order valence-electron chi connectivity index (χ4n) is 2.61. The van der Waals surface area contributed by atoms with E-state index in [0.717, 1.165) is 16.8 Å². The summed E-state index contributed by atoms with van der Waals surface area (Å²) in [5.74, 6) is 1.31. The van der Waals surface area contributed by atoms with E-state index in [0.29, 0.717) is 39.7 Å². The average Bonchev–Trinajstić information content (AvgIpc) is 2.68. The monoisotopic (exact) mass is 421 g/mol. The van der Waals surface area contributed by atoms with Crippen LogP contribution in [0.25, 0.3) is 0 Å². The Kier molecular flexibility index (Phi) is 6.73. The zero-order chi connectivity index (χ0) is 19.2. The minimum atomic E-state index is 0.338. The normalized spacial score (nSPS) is 10.5. The second kappa shape index (κ2) is 9.23. The molecule has 6 heteroatoms. The van der Waals surface area contributed by atoms with E-state index in [1.165, 1.54) is 0 Å². The van der Waals surface area contributed by atoms with E-state index in [1.807, 2.05) is 42.5 Å². The minimum Gasteiger partial charge on any atom is -0.493 e. The zero-order valence-corrected chi connectivity index (χ0v) is 16.9. The molecule has 140 valence electrons. The topological polar surface area (TPSA) is 30.5 Å². The SMILES string of the molecule is COc1cccc(CNc2cc(Cl)ccc2Cl)c1OCc1ccccc1Cl. The van der Waals surface area contributed by atoms with Crippen LogP contribution in [0.3, 0.4) is 0 Å². The van der Waals surface area contributed by atoms with Gasteiger partial charge in [-0.25, -0.2) is 0 Å². The van der Waals surface area contributed by atoms with Crippen LogP contribution in [-0.2, 0) is 13.2 Å². The Morgan fingerprint density at radius 2 is 1.63 bits per heavy atom. The molecule has 0 amide bonds. The second-order valence-corrected chi connectivity index (χ2v) is 7.06. The molecule has 0 radical (unpaired) electrons. The molecule has 0 saturated heterocycles. The van der Waals surface area contributed by atoms with Gasteiger partial charge in [-0.2, -0.15) is 0 Å². The third-order valence-corrected chi connectivity index (χ3v) is 4.94. The molecule has 0 heterocycles. The van der Waals surface area contributed by atoms with Crippen LogP contribution in [-0.4, -0.2) is 7.11 Å². The number of hydrogen-bond donors (Lipinski definition) is 1. The maximum atomic E-state index is 6.23. The van der Waals surface area contributed by atoms with Gasteiger partial charge in [0.25, 0.3) is 0 Å². The molecular formula is C21H18Cl3NO2. The number of rotatable bonds is 7. The van der Waals surface area contributed by atoms with Crippen molar-refractivity contribution in [3.63, 3.8) is 0 Å². The molecule has 0 unspecified atom stereocenters. The molecule has 0 aliphatic rings. The highest BCUT2D eigenvalue weighted by atomic mass is 35.5. The Balaban J connectivity index is 1.81. The molecule has 0 atom stereocenters. The first kappa shape index (κ1) is 19.7. The van der Waals surface area contributed by atoms with E-state index in [4.69, 9.17) is 44.3 Å². The highest BCUT2D eigenvalue weighted by Gasteiger charge is 2.12. The first-order chi connectivity index (χ1) is 13.1. The fourth-order valence-corrected chi connectivity index (χ4v) is 3.16. The van der Waals surface area contributed by atoms with E-state index in [-0.39, 0.29) is 0 Å². The number of benzene rings is 3. The van der Waals surface area contributed by atoms with Gasteiger partial charge in [0.15, 0.2) is 11.5 Å². The van der Waals surface area contributed by atoms with Crippen molar-refractivity contribution in [2.75, 3.05) is 12.4 Å². The van der Waals surface area contributed by atoms with Gasteiger partial charge in [0.05, 0.1) is 17.8 Å². The van der Waals surface area contributed by atoms with Crippen molar-refractivity contribution >= 4 is 40.5 Å². The van der Waals surface area contributed by atoms with Crippen LogP contribution in [0.5, 0.6) is 11.5 Å². The second-order valence-electron chi connectivity index (χ2n) is 5.81. The van der Waals surface area contributed by atoms with Crippen LogP contribution in [0.15, 0.2) is 60.7 Å². The summed E-state index contributed by atoms with van der Waals surface area (Å²) in [6.07, 6.45) is 0. The number of methoxy groups -OCH3 is 1. The largest absolute Gasteiger partial charge is 0.493 e. The molecule has 1 N–H and O–H groups in total. The van der Waals surface area contributed by atoms with Crippen LogP contribution >= 0.6 is 34.8 Å². The Morgan fingerprint density at radius 1 is 0.852 bits per heavy atom. The zero-order valence-electron chi connectivity index (χ0n) is 14.6. The van der Waals surface area contributed by atoms with Crippen molar-refractivity contribution < 1.29 is 9.47 Å². The first-order valence-electron chi connectivity index (χ1n) is 8.29. The lowest BCUT2D eigenvalue weighted by atomic mass is 10.1. The molecule has 3 rings (SSSR count). The van der Waals surface area contributed by atoms with Crippen molar-refractivity contribution in [1.29, 1.82) is 0 Å². The van der Waals surface area contributed by atoms with Crippen LogP contribution in [0, 0.1) is 0 Å². The molecule has 3 aromatic carbocycles. The van der Waals surface area contributed by atoms with E-state index in [1.54, 1.807) is 25.3 Å². The minimum absolute atomic E-state index is 0.338. The predicted octanol–water partition coefficient (Wildman–Crippen LogP) is 6.85. The van der Waals surface area contributed by atoms with Gasteiger partial charge >= 0.3 is 0 Å². The van der Waals surface area contributed by atoms with Crippen LogP contribution < -0.4 is 14.8 Å². The molecule has 3 nitrogen and oxygen atoms in total. The Hall–Kier alpha value is -2.07. The van der Waals surface area contributed by atoms with Crippen molar-refractivity contribution in [2.24, 2.45) is 0 Å². The van der Waals surface area contributed by atoms with Crippen molar-refractivity contribution in [3.05, 3.63) is 86.9 Å². The third kappa shape index (κ3) is 5.01. The summed E-state index contributed by atoms with van der Waals surface area (Å²) < 4.78 is 11.5. The molecule has 0 spiro atoms. The number of halogens is 3. The maximum Gasteiger partial charge on any atom is 0.166 e. The van der Waals surface area contributed by atoms with Crippen molar-refractivity contribution in [2.45, 2.75) is 13.2 Å². The molecule has 0 bridgehead atoms. The Morgan fingerprint density at radius 3 is 2.41 bits per heavy atom. The molecule has 0 fully saturated rings. The average molecular weight is 423 g/mol. The highest BCUT2D eigenvalue weighted by Crippen LogP contribution is 2.34. The summed E-state index contributed by atoms with van der Waals surface area (Å²) in [7, 11) is 1.61. The van der Waals surface area contributed by atoms with Gasteiger partial charge in [0.1, 0.15) is 6.61 Å². The first-order valence-corrected chi connectivity index (χ1v) is 9.43. The van der Waals surface area contributed by atoms with E-state index < -0.39 is 0 Å². The van der Waals surface area contributed by atoms with E-state index >= 15 is 0 Å². The molecule has 0 aliphatic heterocycles. The highest BCUT2D eigenvalue weighted by molar-refractivity contribution is 6.35. The summed E-state index contributed by atoms with van der Waals surface area (Å²) >= 11 is 18.5. The number of anilines is 1. The lowest BCUT2D eigenvalue weighted by Crippen LogP contribution is -2.05. The molecule has 27 heavy (non-hydrogen) atoms. The van der Waals surface area contributed by atoms with Gasteiger partial charge in [0.2, 0.25) is 0 Å². The van der Waals surface area contributed by atoms with Gasteiger partial charge in [0, 0.05) is 27.7 Å². The number of nitrogens with one attached hydrogen (secondary N) is 1. The number of ether oxygens (including phenoxy) is 2. The van der Waals surface area contributed by atoms with Gasteiger partial charge in [-0.1, -0.05) is 65.1 Å². The summed E-state index contributed by atoms with van der Waals surface area (Å²) in [6, 6.07) is 18.6. The smallest absolute Gasteiger partial charge is 0.166 e. The van der Waals surface area contributed by atoms with Crippen molar-refractivity contribution in [1.82, 2.24) is 0 Å². The lowest BCUT2D eigenvalue weighted by Gasteiger charge is -2.17. The summed E-state index contributed by atoms with van der Waals surface area (Å²) in [4.78, 5) is 0. The van der Waals surface area contributed by atoms with Crippen LogP contribution in [0.2, 0.25) is 15.1 Å². The Labute approximate surface area is 173 Å². The summed E-state index contributed by atoms with van der Waals surface area (Å²) in [5, 5.41) is 5.17. The quantitative estimate of drug-likeness (QED) is 0.452. The number of para-hydroxylation sites is 1. The van der Waals surface area contributed by atoms with Crippen LogP contribution in [0.4, 0.5) is 5.69 Å². The summed E-state index contributed by atoms with van der Waals surface area (Å²) in [6.45, 7) is 0.833. The molecular weight excluding hydrogens is 405 g/mol. The van der Waals surface area contributed by atoms with E-state index in [9.17, 15) is 0 Å². The summed E-state index contributed by atoms with van der Waals surface area (Å²) in [5.41, 5.74) is 2.59. The predicted molar refractivity (Wildman–Crippen MR) is 113 cm³/mol. The molecule has 3 aromatic rings. The maximum absolute atomic E-state index is 6.23. The standard InChI is InChI=1S/C21H18Cl3NO2/c1-26-20-8-4-6-14(12-25-19-11-16(22)9-10-18(19)24)21(20)27-13-15-5-2-3-7-17(15)23/h2-11,25H,12-13H2,1H3. The van der Waals surface area contributed by atoms with Gasteiger partial charge in [-0.3, -0.25) is 0 Å². The molecule has 0 aromatic heterocycles. The fraction of sp³-hybridized carbons (Fsp3) is 0.143. The Bertz CT molecular complexity index is 931. The van der Waals surface area contributed by atoms with E-state index in [2.05, 4.69) is 5.32 Å². The van der Waals surface area contributed by atoms with Gasteiger partial charge in [-0.15, -0.1) is 0 Å². The third-order valence-electron chi connectivity index (χ3n) is 4.01.